The van der Waals surface area contributed by atoms with E-state index in [4.69, 9.17) is 14.3 Å². The van der Waals surface area contributed by atoms with Crippen molar-refractivity contribution in [1.82, 2.24) is 0 Å². The highest BCUT2D eigenvalue weighted by atomic mass is 19.1. The van der Waals surface area contributed by atoms with Crippen LogP contribution >= 0.6 is 0 Å². The Morgan fingerprint density at radius 2 is 2.00 bits per heavy atom. The molecule has 0 bridgehead atoms. The SMILES string of the molecule is COc1ccc(NC(=O)C2CC(c3cccc(F)c3)=NO2)cc1OC1CCCC1. The zero-order valence-corrected chi connectivity index (χ0v) is 16.2. The van der Waals surface area contributed by atoms with Gasteiger partial charge in [-0.2, -0.15) is 0 Å². The number of oxime groups is 1. The highest BCUT2D eigenvalue weighted by Gasteiger charge is 2.29. The molecule has 0 saturated heterocycles. The number of methoxy groups -OCH3 is 1. The van der Waals surface area contributed by atoms with Gasteiger partial charge in [0.05, 0.1) is 18.9 Å². The summed E-state index contributed by atoms with van der Waals surface area (Å²) in [4.78, 5) is 17.9. The second-order valence-corrected chi connectivity index (χ2v) is 7.23. The van der Waals surface area contributed by atoms with Gasteiger partial charge in [-0.25, -0.2) is 4.39 Å². The van der Waals surface area contributed by atoms with Gasteiger partial charge in [0.15, 0.2) is 11.5 Å². The number of nitrogens with one attached hydrogen (secondary N) is 1. The number of carbonyl (C=O) groups excluding carboxylic acids is 1. The van der Waals surface area contributed by atoms with Crippen molar-refractivity contribution in [3.8, 4) is 11.5 Å². The summed E-state index contributed by atoms with van der Waals surface area (Å²) in [5, 5.41) is 6.79. The number of hydrogen-bond acceptors (Lipinski definition) is 5. The first kappa shape index (κ1) is 19.2. The zero-order valence-electron chi connectivity index (χ0n) is 16.2. The number of carbonyl (C=O) groups is 1. The maximum atomic E-state index is 13.4. The van der Waals surface area contributed by atoms with Crippen LogP contribution in [0.25, 0.3) is 0 Å². The van der Waals surface area contributed by atoms with Gasteiger partial charge in [-0.05, 0) is 49.9 Å². The van der Waals surface area contributed by atoms with Crippen molar-refractivity contribution in [2.24, 2.45) is 5.16 Å². The molecule has 1 saturated carbocycles. The van der Waals surface area contributed by atoms with Crippen LogP contribution in [0.2, 0.25) is 0 Å². The normalized spacial score (nSPS) is 18.8. The van der Waals surface area contributed by atoms with Gasteiger partial charge < -0.3 is 19.6 Å². The summed E-state index contributed by atoms with van der Waals surface area (Å²) in [6, 6.07) is 11.4. The predicted octanol–water partition coefficient (Wildman–Crippen LogP) is 4.29. The molecule has 1 heterocycles. The van der Waals surface area contributed by atoms with E-state index in [1.54, 1.807) is 37.4 Å². The van der Waals surface area contributed by atoms with Crippen molar-refractivity contribution >= 4 is 17.3 Å². The Morgan fingerprint density at radius 3 is 2.76 bits per heavy atom. The molecule has 1 aliphatic carbocycles. The molecule has 2 aromatic rings. The standard InChI is InChI=1S/C22H23FN2O4/c1-27-19-10-9-16(12-20(19)28-17-7-2-3-8-17)24-22(26)21-13-18(25-29-21)14-5-4-6-15(23)11-14/h4-6,9-12,17,21H,2-3,7-8,13H2,1H3,(H,24,26). The Kier molecular flexibility index (Phi) is 5.64. The van der Waals surface area contributed by atoms with Crippen molar-refractivity contribution in [2.45, 2.75) is 44.3 Å². The average Bonchev–Trinajstić information content (AvgIpc) is 3.40. The molecular weight excluding hydrogens is 375 g/mol. The van der Waals surface area contributed by atoms with E-state index in [0.29, 0.717) is 28.5 Å². The Balaban J connectivity index is 1.41. The van der Waals surface area contributed by atoms with Gasteiger partial charge >= 0.3 is 0 Å². The smallest absolute Gasteiger partial charge is 0.268 e. The van der Waals surface area contributed by atoms with Crippen molar-refractivity contribution in [3.05, 3.63) is 53.8 Å². The van der Waals surface area contributed by atoms with Crippen molar-refractivity contribution < 1.29 is 23.5 Å². The van der Waals surface area contributed by atoms with Crippen molar-refractivity contribution in [2.75, 3.05) is 12.4 Å². The van der Waals surface area contributed by atoms with Gasteiger partial charge in [0.25, 0.3) is 5.91 Å². The minimum absolute atomic E-state index is 0.176. The lowest BCUT2D eigenvalue weighted by Gasteiger charge is -2.17. The largest absolute Gasteiger partial charge is 0.493 e. The van der Waals surface area contributed by atoms with Crippen LogP contribution in [0.15, 0.2) is 47.6 Å². The van der Waals surface area contributed by atoms with Gasteiger partial charge in [0.1, 0.15) is 5.82 Å². The Labute approximate surface area is 168 Å². The van der Waals surface area contributed by atoms with Crippen molar-refractivity contribution in [3.63, 3.8) is 0 Å². The highest BCUT2D eigenvalue weighted by Crippen LogP contribution is 2.34. The number of rotatable bonds is 6. The molecule has 2 aromatic carbocycles. The number of benzene rings is 2. The van der Waals surface area contributed by atoms with Crippen LogP contribution in [0.4, 0.5) is 10.1 Å². The summed E-state index contributed by atoms with van der Waals surface area (Å²) >= 11 is 0. The fraction of sp³-hybridized carbons (Fsp3) is 0.364. The minimum Gasteiger partial charge on any atom is -0.493 e. The molecule has 0 aromatic heterocycles. The predicted molar refractivity (Wildman–Crippen MR) is 107 cm³/mol. The monoisotopic (exact) mass is 398 g/mol. The van der Waals surface area contributed by atoms with Gasteiger partial charge in [-0.15, -0.1) is 0 Å². The lowest BCUT2D eigenvalue weighted by Crippen LogP contribution is -2.28. The second kappa shape index (κ2) is 8.51. The first-order valence-electron chi connectivity index (χ1n) is 9.76. The van der Waals surface area contributed by atoms with Crippen LogP contribution < -0.4 is 14.8 Å². The molecule has 6 nitrogen and oxygen atoms in total. The molecule has 152 valence electrons. The van der Waals surface area contributed by atoms with Gasteiger partial charge in [0, 0.05) is 23.7 Å². The van der Waals surface area contributed by atoms with E-state index in [-0.39, 0.29) is 24.2 Å². The van der Waals surface area contributed by atoms with E-state index in [2.05, 4.69) is 10.5 Å². The van der Waals surface area contributed by atoms with Crippen LogP contribution in [-0.2, 0) is 9.63 Å². The van der Waals surface area contributed by atoms with Crippen LogP contribution in [0.1, 0.15) is 37.7 Å². The van der Waals surface area contributed by atoms with Crippen LogP contribution in [0.5, 0.6) is 11.5 Å². The molecule has 1 aliphatic heterocycles. The summed E-state index contributed by atoms with van der Waals surface area (Å²) in [5.74, 6) is 0.563. The summed E-state index contributed by atoms with van der Waals surface area (Å²) in [6.07, 6.45) is 4.05. The summed E-state index contributed by atoms with van der Waals surface area (Å²) < 4.78 is 24.9. The van der Waals surface area contributed by atoms with E-state index in [0.717, 1.165) is 25.7 Å². The molecule has 1 amide bonds. The Bertz CT molecular complexity index is 925. The molecule has 4 rings (SSSR count). The quantitative estimate of drug-likeness (QED) is 0.788. The van der Waals surface area contributed by atoms with Crippen LogP contribution in [0, 0.1) is 5.82 Å². The minimum atomic E-state index is -0.769. The van der Waals surface area contributed by atoms with Crippen LogP contribution in [-0.4, -0.2) is 30.9 Å². The lowest BCUT2D eigenvalue weighted by atomic mass is 10.0. The second-order valence-electron chi connectivity index (χ2n) is 7.23. The molecule has 0 radical (unpaired) electrons. The zero-order chi connectivity index (χ0) is 20.2. The van der Waals surface area contributed by atoms with E-state index >= 15 is 0 Å². The Morgan fingerprint density at radius 1 is 1.17 bits per heavy atom. The number of hydrogen-bond donors (Lipinski definition) is 1. The molecule has 2 aliphatic rings. The molecule has 1 N–H and O–H groups in total. The fourth-order valence-electron chi connectivity index (χ4n) is 3.61. The van der Waals surface area contributed by atoms with Crippen molar-refractivity contribution in [1.29, 1.82) is 0 Å². The Hall–Kier alpha value is -3.09. The van der Waals surface area contributed by atoms with Crippen LogP contribution in [0.3, 0.4) is 0 Å². The number of amides is 1. The molecule has 1 atom stereocenters. The number of anilines is 1. The maximum absolute atomic E-state index is 13.4. The molecule has 0 spiro atoms. The first-order valence-corrected chi connectivity index (χ1v) is 9.76. The molecule has 1 fully saturated rings. The van der Waals surface area contributed by atoms with Gasteiger partial charge in [-0.3, -0.25) is 4.79 Å². The summed E-state index contributed by atoms with van der Waals surface area (Å²) in [6.45, 7) is 0. The molecule has 1 unspecified atom stereocenters. The van der Waals surface area contributed by atoms with E-state index in [1.807, 2.05) is 0 Å². The maximum Gasteiger partial charge on any atom is 0.268 e. The highest BCUT2D eigenvalue weighted by molar-refractivity contribution is 6.06. The summed E-state index contributed by atoms with van der Waals surface area (Å²) in [7, 11) is 1.59. The fourth-order valence-corrected chi connectivity index (χ4v) is 3.61. The molecule has 7 heteroatoms. The average molecular weight is 398 g/mol. The summed E-state index contributed by atoms with van der Waals surface area (Å²) in [5.41, 5.74) is 1.74. The van der Waals surface area contributed by atoms with E-state index < -0.39 is 6.10 Å². The molecular formula is C22H23FN2O4. The number of halogens is 1. The topological polar surface area (TPSA) is 69.2 Å². The van der Waals surface area contributed by atoms with Gasteiger partial charge in [0.2, 0.25) is 6.10 Å². The van der Waals surface area contributed by atoms with E-state index in [9.17, 15) is 9.18 Å². The third kappa shape index (κ3) is 4.50. The number of nitrogens with zero attached hydrogens (tertiary/aromatic N) is 1. The van der Waals surface area contributed by atoms with Gasteiger partial charge in [-0.1, -0.05) is 17.3 Å². The van der Waals surface area contributed by atoms with E-state index in [1.165, 1.54) is 12.1 Å². The first-order chi connectivity index (χ1) is 14.1. The number of ether oxygens (including phenoxy) is 2. The third-order valence-corrected chi connectivity index (χ3v) is 5.15. The third-order valence-electron chi connectivity index (χ3n) is 5.15. The molecule has 29 heavy (non-hydrogen) atoms. The lowest BCUT2D eigenvalue weighted by molar-refractivity contribution is -0.125.